The van der Waals surface area contributed by atoms with Crippen molar-refractivity contribution < 1.29 is 22.6 Å². The van der Waals surface area contributed by atoms with E-state index in [1.165, 1.54) is 25.3 Å². The molecule has 1 saturated heterocycles. The van der Waals surface area contributed by atoms with Gasteiger partial charge < -0.3 is 9.47 Å². The average Bonchev–Trinajstić information content (AvgIpc) is 2.86. The van der Waals surface area contributed by atoms with Crippen LogP contribution in [0.2, 0.25) is 0 Å². The molecule has 0 bridgehead atoms. The largest absolute Gasteiger partial charge is 0.494 e. The summed E-state index contributed by atoms with van der Waals surface area (Å²) in [5.41, 5.74) is 2.89. The Bertz CT molecular complexity index is 1150. The van der Waals surface area contributed by atoms with Crippen molar-refractivity contribution in [3.8, 4) is 28.0 Å². The Hall–Kier alpha value is -3.05. The van der Waals surface area contributed by atoms with Crippen molar-refractivity contribution in [2.24, 2.45) is 0 Å². The summed E-state index contributed by atoms with van der Waals surface area (Å²) in [5, 5.41) is 0. The maximum atomic E-state index is 15.0. The Morgan fingerprint density at radius 1 is 0.912 bits per heavy atom. The molecule has 34 heavy (non-hydrogen) atoms. The lowest BCUT2D eigenvalue weighted by Crippen LogP contribution is -2.25. The molecule has 3 aromatic carbocycles. The van der Waals surface area contributed by atoms with E-state index in [1.807, 2.05) is 25.1 Å². The van der Waals surface area contributed by atoms with Gasteiger partial charge in [-0.15, -0.1) is 0 Å². The summed E-state index contributed by atoms with van der Waals surface area (Å²) in [6, 6.07) is 15.1. The molecule has 2 unspecified atom stereocenters. The third kappa shape index (κ3) is 5.20. The van der Waals surface area contributed by atoms with Crippen molar-refractivity contribution in [3.05, 3.63) is 89.8 Å². The molecule has 2 nitrogen and oxygen atoms in total. The van der Waals surface area contributed by atoms with Crippen molar-refractivity contribution in [3.63, 3.8) is 0 Å². The van der Waals surface area contributed by atoms with Crippen LogP contribution in [0.1, 0.15) is 44.1 Å². The smallest absolute Gasteiger partial charge is 0.201 e. The van der Waals surface area contributed by atoms with Gasteiger partial charge in [-0.3, -0.25) is 0 Å². The van der Waals surface area contributed by atoms with Crippen molar-refractivity contribution in [2.75, 3.05) is 13.7 Å². The summed E-state index contributed by atoms with van der Waals surface area (Å²) in [5.74, 6) is -2.30. The molecular formula is C29H29F3O2. The van der Waals surface area contributed by atoms with E-state index in [-0.39, 0.29) is 29.2 Å². The Labute approximate surface area is 199 Å². The van der Waals surface area contributed by atoms with E-state index < -0.39 is 11.6 Å². The van der Waals surface area contributed by atoms with Crippen molar-refractivity contribution in [2.45, 2.75) is 44.6 Å². The predicted octanol–water partition coefficient (Wildman–Crippen LogP) is 8.07. The Morgan fingerprint density at radius 3 is 2.29 bits per heavy atom. The zero-order valence-electron chi connectivity index (χ0n) is 19.5. The average molecular weight is 467 g/mol. The molecule has 0 N–H and O–H groups in total. The first-order valence-electron chi connectivity index (χ1n) is 11.7. The minimum absolute atomic E-state index is 0.0577. The van der Waals surface area contributed by atoms with E-state index in [4.69, 9.17) is 9.47 Å². The van der Waals surface area contributed by atoms with Gasteiger partial charge in [-0.05, 0) is 73.1 Å². The van der Waals surface area contributed by atoms with Crippen molar-refractivity contribution in [1.82, 2.24) is 0 Å². The lowest BCUT2D eigenvalue weighted by Gasteiger charge is -2.29. The number of ether oxygens (including phenoxy) is 2. The molecule has 1 heterocycles. The SMILES string of the molecule is C/C=C/CCC1CCC(c2ccc(-c3ccc(-c4ccc(OC)c(F)c4F)cc3)cc2F)CO1. The molecule has 0 amide bonds. The fraction of sp³-hybridized carbons (Fsp3) is 0.310. The van der Waals surface area contributed by atoms with Crippen LogP contribution in [0.25, 0.3) is 22.3 Å². The van der Waals surface area contributed by atoms with Crippen molar-refractivity contribution in [1.29, 1.82) is 0 Å². The second-order valence-corrected chi connectivity index (χ2v) is 8.63. The highest BCUT2D eigenvalue weighted by atomic mass is 19.2. The summed E-state index contributed by atoms with van der Waals surface area (Å²) in [7, 11) is 1.29. The third-order valence-electron chi connectivity index (χ3n) is 6.50. The van der Waals surface area contributed by atoms with Gasteiger partial charge in [-0.25, -0.2) is 8.78 Å². The third-order valence-corrected chi connectivity index (χ3v) is 6.50. The zero-order chi connectivity index (χ0) is 24.1. The molecule has 1 aliphatic rings. The van der Waals surface area contributed by atoms with Gasteiger partial charge in [0.05, 0.1) is 19.8 Å². The van der Waals surface area contributed by atoms with E-state index >= 15 is 4.39 Å². The number of halogens is 3. The molecule has 0 saturated carbocycles. The molecule has 5 heteroatoms. The molecule has 2 atom stereocenters. The highest BCUT2D eigenvalue weighted by molar-refractivity contribution is 5.71. The fourth-order valence-electron chi connectivity index (χ4n) is 4.52. The molecule has 1 fully saturated rings. The molecule has 0 spiro atoms. The van der Waals surface area contributed by atoms with Crippen LogP contribution in [0.4, 0.5) is 13.2 Å². The number of benzene rings is 3. The number of hydrogen-bond acceptors (Lipinski definition) is 2. The minimum atomic E-state index is -1.02. The number of allylic oxidation sites excluding steroid dienone is 2. The van der Waals surface area contributed by atoms with Crippen molar-refractivity contribution >= 4 is 0 Å². The van der Waals surface area contributed by atoms with E-state index in [2.05, 4.69) is 6.08 Å². The standard InChI is InChI=1S/C29H29F3O2/c1-3-4-5-6-23-13-11-22(18-34-23)24-14-12-21(17-26(24)30)19-7-9-20(10-8-19)25-15-16-27(33-2)29(32)28(25)31/h3-4,7-10,12,14-17,22-23H,5-6,11,13,18H2,1-2H3/b4-3+. The van der Waals surface area contributed by atoms with E-state index in [9.17, 15) is 8.78 Å². The van der Waals surface area contributed by atoms with Gasteiger partial charge in [-0.1, -0.05) is 48.6 Å². The summed E-state index contributed by atoms with van der Waals surface area (Å²) >= 11 is 0. The molecule has 3 aromatic rings. The molecule has 0 aliphatic carbocycles. The first kappa shape index (κ1) is 24.1. The van der Waals surface area contributed by atoms with Crippen LogP contribution in [-0.4, -0.2) is 19.8 Å². The van der Waals surface area contributed by atoms with Crippen LogP contribution in [0.15, 0.2) is 66.7 Å². The minimum Gasteiger partial charge on any atom is -0.494 e. The highest BCUT2D eigenvalue weighted by Gasteiger charge is 2.25. The first-order chi connectivity index (χ1) is 16.5. The van der Waals surface area contributed by atoms with E-state index in [1.54, 1.807) is 24.3 Å². The van der Waals surface area contributed by atoms with Gasteiger partial charge in [0.1, 0.15) is 5.82 Å². The number of methoxy groups -OCH3 is 1. The topological polar surface area (TPSA) is 18.5 Å². The summed E-state index contributed by atoms with van der Waals surface area (Å²) in [6.45, 7) is 2.55. The number of rotatable bonds is 7. The molecule has 0 radical (unpaired) electrons. The van der Waals surface area contributed by atoms with Gasteiger partial charge in [0.2, 0.25) is 5.82 Å². The maximum absolute atomic E-state index is 15.0. The Balaban J connectivity index is 1.46. The van der Waals surface area contributed by atoms with Gasteiger partial charge in [0.25, 0.3) is 0 Å². The van der Waals surface area contributed by atoms with E-state index in [0.29, 0.717) is 17.7 Å². The van der Waals surface area contributed by atoms with Gasteiger partial charge in [0, 0.05) is 11.5 Å². The second kappa shape index (κ2) is 10.9. The maximum Gasteiger partial charge on any atom is 0.201 e. The summed E-state index contributed by atoms with van der Waals surface area (Å²) < 4.78 is 54.3. The normalized spacial score (nSPS) is 18.4. The van der Waals surface area contributed by atoms with Gasteiger partial charge in [0.15, 0.2) is 11.6 Å². The molecular weight excluding hydrogens is 437 g/mol. The van der Waals surface area contributed by atoms with Gasteiger partial charge >= 0.3 is 0 Å². The molecule has 0 aromatic heterocycles. The van der Waals surface area contributed by atoms with Crippen LogP contribution in [-0.2, 0) is 4.74 Å². The molecule has 178 valence electrons. The lowest BCUT2D eigenvalue weighted by atomic mass is 9.89. The second-order valence-electron chi connectivity index (χ2n) is 8.63. The van der Waals surface area contributed by atoms with Crippen LogP contribution < -0.4 is 4.74 Å². The Kier molecular flexibility index (Phi) is 7.73. The van der Waals surface area contributed by atoms with Crippen LogP contribution in [0.5, 0.6) is 5.75 Å². The zero-order valence-corrected chi connectivity index (χ0v) is 19.5. The summed E-state index contributed by atoms with van der Waals surface area (Å²) in [6.07, 6.45) is 8.30. The van der Waals surface area contributed by atoms with E-state index in [0.717, 1.165) is 36.8 Å². The van der Waals surface area contributed by atoms with Gasteiger partial charge in [-0.2, -0.15) is 4.39 Å². The monoisotopic (exact) mass is 466 g/mol. The molecule has 4 rings (SSSR count). The fourth-order valence-corrected chi connectivity index (χ4v) is 4.52. The predicted molar refractivity (Wildman–Crippen MR) is 130 cm³/mol. The van der Waals surface area contributed by atoms with Crippen LogP contribution >= 0.6 is 0 Å². The molecule has 1 aliphatic heterocycles. The van der Waals surface area contributed by atoms with Crippen LogP contribution in [0.3, 0.4) is 0 Å². The first-order valence-corrected chi connectivity index (χ1v) is 11.7. The highest BCUT2D eigenvalue weighted by Crippen LogP contribution is 2.34. The number of hydrogen-bond donors (Lipinski definition) is 0. The van der Waals surface area contributed by atoms with Crippen LogP contribution in [0, 0.1) is 17.5 Å². The quantitative estimate of drug-likeness (QED) is 0.328. The lowest BCUT2D eigenvalue weighted by molar-refractivity contribution is -0.000797. The summed E-state index contributed by atoms with van der Waals surface area (Å²) in [4.78, 5) is 0. The Morgan fingerprint density at radius 2 is 1.65 bits per heavy atom.